The number of anilines is 2. The van der Waals surface area contributed by atoms with E-state index in [1.165, 1.54) is 36.7 Å². The first-order chi connectivity index (χ1) is 15.4. The molecular weight excluding hydrogens is 416 g/mol. The van der Waals surface area contributed by atoms with Crippen molar-refractivity contribution in [2.45, 2.75) is 19.0 Å². The van der Waals surface area contributed by atoms with E-state index in [2.05, 4.69) is 21.5 Å². The van der Waals surface area contributed by atoms with Crippen molar-refractivity contribution in [1.82, 2.24) is 19.7 Å². The molecule has 3 N–H and O–H groups in total. The number of nitrogens with one attached hydrogen (secondary N) is 1. The lowest BCUT2D eigenvalue weighted by atomic mass is 9.93. The summed E-state index contributed by atoms with van der Waals surface area (Å²) in [5.41, 5.74) is 6.71. The van der Waals surface area contributed by atoms with Gasteiger partial charge in [-0.15, -0.1) is 0 Å². The van der Waals surface area contributed by atoms with Crippen LogP contribution in [0.4, 0.5) is 20.3 Å². The number of rotatable bonds is 6. The summed E-state index contributed by atoms with van der Waals surface area (Å²) < 4.78 is 28.7. The summed E-state index contributed by atoms with van der Waals surface area (Å²) in [6.07, 6.45) is 3.50. The van der Waals surface area contributed by atoms with E-state index in [9.17, 15) is 18.8 Å². The van der Waals surface area contributed by atoms with E-state index < -0.39 is 17.8 Å². The average molecular weight is 437 g/mol. The smallest absolute Gasteiger partial charge is 0.254 e. The maximum Gasteiger partial charge on any atom is 0.254 e. The van der Waals surface area contributed by atoms with Crippen molar-refractivity contribution in [3.63, 3.8) is 0 Å². The third kappa shape index (κ3) is 4.58. The third-order valence-corrected chi connectivity index (χ3v) is 5.50. The van der Waals surface area contributed by atoms with Crippen LogP contribution in [0.3, 0.4) is 0 Å². The Labute approximate surface area is 183 Å². The van der Waals surface area contributed by atoms with Gasteiger partial charge < -0.3 is 11.1 Å². The van der Waals surface area contributed by atoms with Crippen molar-refractivity contribution >= 4 is 17.4 Å². The van der Waals surface area contributed by atoms with Crippen LogP contribution in [0.1, 0.15) is 28.4 Å². The van der Waals surface area contributed by atoms with Gasteiger partial charge in [0.25, 0.3) is 5.91 Å². The zero-order chi connectivity index (χ0) is 22.7. The standard InChI is InChI=1S/C22H21F2N7O/c23-16-3-5-17(6-4-16)28-22-18(21(26)32)13-31(29-22)19-7-9-30(12-15(19)10-25)11-14-2-1-8-27-20(14)24/h1-6,8,13,15,19H,7,9,11-12H2,(H2,26,32)(H,28,29)/t15-,19+/m1/s1. The normalized spacial score (nSPS) is 18.8. The molecule has 1 aliphatic heterocycles. The fraction of sp³-hybridized carbons (Fsp3) is 0.273. The van der Waals surface area contributed by atoms with Crippen LogP contribution in [-0.4, -0.2) is 38.7 Å². The van der Waals surface area contributed by atoms with Gasteiger partial charge in [0.15, 0.2) is 5.82 Å². The number of amides is 1. The highest BCUT2D eigenvalue weighted by molar-refractivity contribution is 5.98. The van der Waals surface area contributed by atoms with Crippen LogP contribution in [0.25, 0.3) is 0 Å². The summed E-state index contributed by atoms with van der Waals surface area (Å²) >= 11 is 0. The van der Waals surface area contributed by atoms with Gasteiger partial charge in [0, 0.05) is 43.3 Å². The Kier molecular flexibility index (Phi) is 6.09. The molecular formula is C22H21F2N7O. The van der Waals surface area contributed by atoms with Crippen LogP contribution in [0.2, 0.25) is 0 Å². The van der Waals surface area contributed by atoms with Crippen molar-refractivity contribution in [2.24, 2.45) is 11.7 Å². The quantitative estimate of drug-likeness (QED) is 0.574. The molecule has 4 rings (SSSR count). The average Bonchev–Trinajstić information content (AvgIpc) is 3.20. The van der Waals surface area contributed by atoms with E-state index in [0.29, 0.717) is 37.3 Å². The van der Waals surface area contributed by atoms with Gasteiger partial charge in [-0.3, -0.25) is 14.4 Å². The number of hydrogen-bond acceptors (Lipinski definition) is 6. The zero-order valence-electron chi connectivity index (χ0n) is 17.1. The lowest BCUT2D eigenvalue weighted by Crippen LogP contribution is -2.40. The molecule has 0 spiro atoms. The molecule has 2 aromatic heterocycles. The lowest BCUT2D eigenvalue weighted by Gasteiger charge is -2.35. The molecule has 3 heterocycles. The highest BCUT2D eigenvalue weighted by Crippen LogP contribution is 2.31. The monoisotopic (exact) mass is 437 g/mol. The van der Waals surface area contributed by atoms with Gasteiger partial charge >= 0.3 is 0 Å². The number of halogens is 2. The summed E-state index contributed by atoms with van der Waals surface area (Å²) in [6.45, 7) is 1.39. The number of benzene rings is 1. The lowest BCUT2D eigenvalue weighted by molar-refractivity contribution is 0.100. The largest absolute Gasteiger partial charge is 0.365 e. The van der Waals surface area contributed by atoms with Gasteiger partial charge in [0.05, 0.1) is 18.0 Å². The van der Waals surface area contributed by atoms with Gasteiger partial charge in [0.1, 0.15) is 11.4 Å². The van der Waals surface area contributed by atoms with Crippen LogP contribution in [0.15, 0.2) is 48.8 Å². The van der Waals surface area contributed by atoms with Gasteiger partial charge in [-0.2, -0.15) is 14.8 Å². The highest BCUT2D eigenvalue weighted by Gasteiger charge is 2.32. The Hall–Kier alpha value is -3.84. The number of piperidine rings is 1. The molecule has 1 aromatic carbocycles. The first kappa shape index (κ1) is 21.4. The summed E-state index contributed by atoms with van der Waals surface area (Å²) in [7, 11) is 0. The molecule has 10 heteroatoms. The topological polar surface area (TPSA) is 113 Å². The molecule has 1 amide bonds. The first-order valence-electron chi connectivity index (χ1n) is 10.1. The van der Waals surface area contributed by atoms with Gasteiger partial charge in [-0.25, -0.2) is 9.37 Å². The Balaban J connectivity index is 1.52. The van der Waals surface area contributed by atoms with E-state index in [4.69, 9.17) is 5.73 Å². The molecule has 164 valence electrons. The molecule has 0 saturated carbocycles. The van der Waals surface area contributed by atoms with Crippen LogP contribution in [0, 0.1) is 29.0 Å². The number of hydrogen-bond donors (Lipinski definition) is 2. The van der Waals surface area contributed by atoms with Crippen molar-refractivity contribution in [2.75, 3.05) is 18.4 Å². The molecule has 0 bridgehead atoms. The Bertz CT molecular complexity index is 1160. The molecule has 8 nitrogen and oxygen atoms in total. The van der Waals surface area contributed by atoms with Crippen molar-refractivity contribution in [3.8, 4) is 6.07 Å². The Morgan fingerprint density at radius 1 is 1.28 bits per heavy atom. The number of nitrogens with two attached hydrogens (primary N) is 1. The van der Waals surface area contributed by atoms with E-state index in [1.807, 2.05) is 4.90 Å². The Morgan fingerprint density at radius 2 is 2.06 bits per heavy atom. The predicted molar refractivity (Wildman–Crippen MR) is 113 cm³/mol. The number of aromatic nitrogens is 3. The molecule has 0 unspecified atom stereocenters. The minimum atomic E-state index is -0.668. The molecule has 2 atom stereocenters. The van der Waals surface area contributed by atoms with E-state index in [-0.39, 0.29) is 23.2 Å². The molecule has 32 heavy (non-hydrogen) atoms. The molecule has 0 aliphatic carbocycles. The maximum atomic E-state index is 13.9. The van der Waals surface area contributed by atoms with Crippen LogP contribution in [0.5, 0.6) is 0 Å². The second-order valence-electron chi connectivity index (χ2n) is 7.65. The number of nitrogens with zero attached hydrogens (tertiary/aromatic N) is 5. The number of primary amides is 1. The SMILES string of the molecule is N#C[C@@H]1CN(Cc2cccnc2F)CC[C@@H]1n1cc(C(N)=O)c(Nc2ccc(F)cc2)n1. The first-order valence-corrected chi connectivity index (χ1v) is 10.1. The van der Waals surface area contributed by atoms with E-state index in [0.717, 1.165) is 0 Å². The molecule has 1 fully saturated rings. The number of pyridine rings is 1. The number of nitriles is 1. The van der Waals surface area contributed by atoms with Crippen LogP contribution < -0.4 is 11.1 Å². The van der Waals surface area contributed by atoms with Crippen LogP contribution in [-0.2, 0) is 6.54 Å². The summed E-state index contributed by atoms with van der Waals surface area (Å²) in [5.74, 6) is -1.76. The second kappa shape index (κ2) is 9.11. The summed E-state index contributed by atoms with van der Waals surface area (Å²) in [6, 6.07) is 11.0. The fourth-order valence-electron chi connectivity index (χ4n) is 3.88. The molecule has 1 aliphatic rings. The highest BCUT2D eigenvalue weighted by atomic mass is 19.1. The number of carbonyl (C=O) groups is 1. The zero-order valence-corrected chi connectivity index (χ0v) is 17.1. The minimum Gasteiger partial charge on any atom is -0.365 e. The third-order valence-electron chi connectivity index (χ3n) is 5.50. The van der Waals surface area contributed by atoms with Gasteiger partial charge in [-0.05, 0) is 36.8 Å². The fourth-order valence-corrected chi connectivity index (χ4v) is 3.88. The minimum absolute atomic E-state index is 0.172. The number of likely N-dealkylation sites (tertiary alicyclic amines) is 1. The predicted octanol–water partition coefficient (Wildman–Crippen LogP) is 2.99. The second-order valence-corrected chi connectivity index (χ2v) is 7.65. The molecule has 1 saturated heterocycles. The Morgan fingerprint density at radius 3 is 2.75 bits per heavy atom. The molecule has 3 aromatic rings. The van der Waals surface area contributed by atoms with E-state index in [1.54, 1.807) is 16.8 Å². The number of carbonyl (C=O) groups excluding carboxylic acids is 1. The summed E-state index contributed by atoms with van der Waals surface area (Å²) in [5, 5.41) is 17.2. The van der Waals surface area contributed by atoms with Gasteiger partial charge in [0.2, 0.25) is 5.95 Å². The van der Waals surface area contributed by atoms with Crippen molar-refractivity contribution in [1.29, 1.82) is 5.26 Å². The summed E-state index contributed by atoms with van der Waals surface area (Å²) in [4.78, 5) is 17.6. The van der Waals surface area contributed by atoms with E-state index >= 15 is 0 Å². The van der Waals surface area contributed by atoms with Crippen molar-refractivity contribution < 1.29 is 13.6 Å². The molecule has 0 radical (unpaired) electrons. The maximum absolute atomic E-state index is 13.9. The van der Waals surface area contributed by atoms with Crippen LogP contribution >= 0.6 is 0 Å². The van der Waals surface area contributed by atoms with Gasteiger partial charge in [-0.1, -0.05) is 6.07 Å². The van der Waals surface area contributed by atoms with Crippen molar-refractivity contribution in [3.05, 3.63) is 71.7 Å².